The van der Waals surface area contributed by atoms with Gasteiger partial charge in [-0.1, -0.05) is 125 Å². The van der Waals surface area contributed by atoms with Gasteiger partial charge >= 0.3 is 12.1 Å². The van der Waals surface area contributed by atoms with Gasteiger partial charge in [0.1, 0.15) is 36.5 Å². The molecule has 2 saturated heterocycles. The molecule has 2 aliphatic heterocycles. The van der Waals surface area contributed by atoms with Crippen molar-refractivity contribution in [2.24, 2.45) is 40.0 Å². The van der Waals surface area contributed by atoms with Crippen LogP contribution in [0.1, 0.15) is 197 Å². The smallest absolute Gasteiger partial charge is 0.410 e. The van der Waals surface area contributed by atoms with Crippen molar-refractivity contribution in [1.82, 2.24) is 41.0 Å². The normalized spacial score (nSPS) is 18.6. The van der Waals surface area contributed by atoms with Crippen LogP contribution in [0.5, 0.6) is 0 Å². The van der Waals surface area contributed by atoms with Gasteiger partial charge in [-0.05, 0) is 105 Å². The molecule has 2 aromatic carbocycles. The summed E-state index contributed by atoms with van der Waals surface area (Å²) in [6.07, 6.45) is -0.683. The zero-order valence-electron chi connectivity index (χ0n) is 64.5. The number of imide groups is 1. The number of unbranched alkanes of at least 4 members (excludes halogenated alkanes) is 1. The number of nitrogens with one attached hydrogen (secondary N) is 5. The van der Waals surface area contributed by atoms with Crippen molar-refractivity contribution in [2.75, 3.05) is 46.7 Å². The van der Waals surface area contributed by atoms with Gasteiger partial charge in [0.2, 0.25) is 41.4 Å². The van der Waals surface area contributed by atoms with Crippen LogP contribution >= 0.6 is 0 Å². The Hall–Kier alpha value is -8.63. The number of benzene rings is 2. The Kier molecular flexibility index (Phi) is 33.8. The van der Waals surface area contributed by atoms with Crippen molar-refractivity contribution < 1.29 is 86.8 Å². The number of anilines is 1. The minimum Gasteiger partial charge on any atom is -0.511 e. The second-order valence-electron chi connectivity index (χ2n) is 30.0. The molecule has 1 unspecified atom stereocenters. The first-order valence-electron chi connectivity index (χ1n) is 36.8. The number of allylic oxidation sites excluding steroid dienone is 2. The summed E-state index contributed by atoms with van der Waals surface area (Å²) in [7, 11) is 6.06. The highest BCUT2D eigenvalue weighted by Gasteiger charge is 2.45. The Labute approximate surface area is 618 Å². The molecule has 5 rings (SSSR count). The molecule has 1 aliphatic carbocycles. The number of likely N-dealkylation sites (tertiary alicyclic amines) is 1. The number of aliphatic hydroxyl groups excluding tert-OH is 2. The minimum atomic E-state index is -1.15. The highest BCUT2D eigenvalue weighted by Crippen LogP contribution is 2.37. The summed E-state index contributed by atoms with van der Waals surface area (Å²) in [6, 6.07) is 9.26. The molecule has 7 N–H and O–H groups in total. The number of Topliss-reactive ketones (excluding diaryl/α,β-unsaturated/α-hetero) is 1. The number of aliphatic hydroxyl groups is 2. The number of aliphatic imine (C=N–C) groups is 1. The summed E-state index contributed by atoms with van der Waals surface area (Å²) in [5, 5.41) is 36.4. The van der Waals surface area contributed by atoms with E-state index in [4.69, 9.17) is 19.0 Å². The third-order valence-electron chi connectivity index (χ3n) is 20.0. The van der Waals surface area contributed by atoms with E-state index in [1.54, 1.807) is 116 Å². The van der Waals surface area contributed by atoms with Gasteiger partial charge in [0, 0.05) is 91.3 Å². The molecule has 10 amide bonds. The van der Waals surface area contributed by atoms with Gasteiger partial charge in [-0.3, -0.25) is 57.8 Å². The van der Waals surface area contributed by atoms with E-state index in [-0.39, 0.29) is 105 Å². The summed E-state index contributed by atoms with van der Waals surface area (Å²) in [6.45, 7) is 23.8. The predicted molar refractivity (Wildman–Crippen MR) is 393 cm³/mol. The summed E-state index contributed by atoms with van der Waals surface area (Å²) in [4.78, 5) is 176. The van der Waals surface area contributed by atoms with Gasteiger partial charge in [0.05, 0.1) is 54.3 Å². The van der Waals surface area contributed by atoms with Crippen LogP contribution in [0.3, 0.4) is 0 Å². The lowest BCUT2D eigenvalue weighted by Crippen LogP contribution is -2.60. The Balaban J connectivity index is 1.22. The first-order valence-corrected chi connectivity index (χ1v) is 36.8. The quantitative estimate of drug-likeness (QED) is 0.0191. The van der Waals surface area contributed by atoms with E-state index >= 15 is 0 Å². The molecular formula is C77H116N10O18. The number of rotatable bonds is 39. The molecule has 0 aromatic heterocycles. The fourth-order valence-electron chi connectivity index (χ4n) is 13.8. The van der Waals surface area contributed by atoms with Gasteiger partial charge in [-0.15, -0.1) is 5.06 Å². The molecule has 105 heavy (non-hydrogen) atoms. The standard InChI is InChI=1S/C77H116N10O18/c1-18-47(8)68(58(102-16)40-62(93)86-39-25-29-55(86)70(103-17)48(9)71(96)79-50(11)69(95)52-26-20-19-21-27-52)84(14)75(100)66(45(4)5)83-74(99)67(46(6)7)85(15)76(101)104-43-51-32-34-53(35-33-51)80-72(97)54(28-22-23-38-78-49(10)64-56(88)41-77(12,13)42-57(64)89)81-73(98)65(44(2)3)82-59(90)30-24-31-63(94)105-87-60(91)36-37-61(87)92/h19-21,26-27,32-35,44-48,50,54-55,58,65-70,88,95H,18,22-25,28-31,36-43H2,1-17H3,(H,79,96)(H,80,97)(H,81,98)(H,82,90)(H,83,99)/t47-,48+,50+,54?,55-,58+,65-,66-,67-,68-,69+,70+/m1/s1. The Morgan fingerprint density at radius 2 is 1.36 bits per heavy atom. The van der Waals surface area contributed by atoms with Crippen LogP contribution in [0.15, 0.2) is 70.9 Å². The third kappa shape index (κ3) is 24.7. The molecule has 0 saturated carbocycles. The maximum atomic E-state index is 14.9. The lowest BCUT2D eigenvalue weighted by Gasteiger charge is -2.41. The van der Waals surface area contributed by atoms with Gasteiger partial charge in [0.15, 0.2) is 5.78 Å². The third-order valence-corrected chi connectivity index (χ3v) is 20.0. The summed E-state index contributed by atoms with van der Waals surface area (Å²) in [5.41, 5.74) is 1.71. The molecular weight excluding hydrogens is 1350 g/mol. The molecule has 2 heterocycles. The number of ether oxygens (including phenoxy) is 3. The molecule has 0 spiro atoms. The number of nitrogens with zero attached hydrogens (tertiary/aromatic N) is 5. The zero-order chi connectivity index (χ0) is 78.3. The second-order valence-corrected chi connectivity index (χ2v) is 30.0. The van der Waals surface area contributed by atoms with E-state index in [0.29, 0.717) is 72.7 Å². The van der Waals surface area contributed by atoms with E-state index in [2.05, 4.69) is 31.6 Å². The molecule has 2 fully saturated rings. The van der Waals surface area contributed by atoms with Crippen molar-refractivity contribution in [3.63, 3.8) is 0 Å². The van der Waals surface area contributed by atoms with Crippen LogP contribution in [-0.4, -0.2) is 203 Å². The molecule has 28 nitrogen and oxygen atoms in total. The van der Waals surface area contributed by atoms with Gasteiger partial charge in [0.25, 0.3) is 11.8 Å². The summed E-state index contributed by atoms with van der Waals surface area (Å²) < 4.78 is 17.8. The Bertz CT molecular complexity index is 3400. The number of carbonyl (C=O) groups excluding carboxylic acids is 12. The second kappa shape index (κ2) is 40.7. The van der Waals surface area contributed by atoms with E-state index in [9.17, 15) is 67.7 Å². The van der Waals surface area contributed by atoms with Crippen LogP contribution in [0.2, 0.25) is 0 Å². The van der Waals surface area contributed by atoms with Crippen molar-refractivity contribution in [2.45, 2.75) is 247 Å². The first kappa shape index (κ1) is 87.0. The highest BCUT2D eigenvalue weighted by molar-refractivity contribution is 6.22. The maximum Gasteiger partial charge on any atom is 0.410 e. The van der Waals surface area contributed by atoms with Crippen LogP contribution in [-0.2, 0) is 78.4 Å². The fourth-order valence-corrected chi connectivity index (χ4v) is 13.8. The average Bonchev–Trinajstić information content (AvgIpc) is 1.66. The van der Waals surface area contributed by atoms with Crippen LogP contribution in [0.25, 0.3) is 0 Å². The van der Waals surface area contributed by atoms with Crippen LogP contribution in [0, 0.1) is 35.0 Å². The van der Waals surface area contributed by atoms with Crippen LogP contribution < -0.4 is 26.6 Å². The molecule has 28 heteroatoms. The summed E-state index contributed by atoms with van der Waals surface area (Å²) >= 11 is 0. The maximum absolute atomic E-state index is 14.9. The van der Waals surface area contributed by atoms with Crippen molar-refractivity contribution in [1.29, 1.82) is 0 Å². The molecule has 0 bridgehead atoms. The lowest BCUT2D eigenvalue weighted by molar-refractivity contribution is -0.197. The van der Waals surface area contributed by atoms with E-state index in [1.165, 1.54) is 26.2 Å². The Morgan fingerprint density at radius 1 is 0.724 bits per heavy atom. The largest absolute Gasteiger partial charge is 0.511 e. The number of methoxy groups -OCH3 is 2. The number of hydrogen-bond donors (Lipinski definition) is 7. The molecule has 3 aliphatic rings. The fraction of sp³-hybridized carbons (Fsp3) is 0.649. The van der Waals surface area contributed by atoms with E-state index < -0.39 is 138 Å². The number of ketones is 1. The average molecular weight is 1470 g/mol. The Morgan fingerprint density at radius 3 is 1.94 bits per heavy atom. The predicted octanol–water partition coefficient (Wildman–Crippen LogP) is 7.75. The number of amides is 10. The first-order chi connectivity index (χ1) is 49.5. The highest BCUT2D eigenvalue weighted by atomic mass is 16.7. The number of carbonyl (C=O) groups is 12. The monoisotopic (exact) mass is 1470 g/mol. The van der Waals surface area contributed by atoms with E-state index in [0.717, 1.165) is 0 Å². The minimum absolute atomic E-state index is 0.00934. The van der Waals surface area contributed by atoms with Crippen molar-refractivity contribution in [3.05, 3.63) is 77.1 Å². The molecule has 12 atom stereocenters. The number of likely N-dealkylation sites (N-methyl/N-ethyl adjacent to an activating group) is 2. The summed E-state index contributed by atoms with van der Waals surface area (Å²) in [5.74, 6) is -8.09. The topological polar surface area (TPSA) is 368 Å². The SMILES string of the molecule is CC[C@@H](C)[C@H]([C@H](CC(=O)N1CCC[C@@H]1[C@@H](OC)[C@H](C)C(=O)N[C@@H](C)[C@H](O)c1ccccc1)OC)N(C)C(=O)[C@H](NC(=O)[C@@H](C(C)C)N(C)C(=O)OCc1ccc(NC(=O)C(CCCCN=C(C)C2=C(O)CC(C)(C)CC2=O)NC(=O)[C@H](NC(=O)CCCC(=O)ON2C(=O)CCC2=O)C(C)C)cc1)C(C)C. The molecule has 0 radical (unpaired) electrons. The van der Waals surface area contributed by atoms with Crippen molar-refractivity contribution >= 4 is 82.4 Å². The van der Waals surface area contributed by atoms with Crippen molar-refractivity contribution in [3.8, 4) is 0 Å². The zero-order valence-corrected chi connectivity index (χ0v) is 64.5. The van der Waals surface area contributed by atoms with Crippen LogP contribution in [0.4, 0.5) is 10.5 Å². The molecule has 2 aromatic rings. The number of hydroxylamine groups is 2. The van der Waals surface area contributed by atoms with Gasteiger partial charge in [-0.2, -0.15) is 0 Å². The van der Waals surface area contributed by atoms with Gasteiger partial charge in [-0.25, -0.2) is 9.59 Å². The lowest BCUT2D eigenvalue weighted by atomic mass is 9.76. The van der Waals surface area contributed by atoms with Gasteiger partial charge < -0.3 is 65.6 Å². The van der Waals surface area contributed by atoms with E-state index in [1.807, 2.05) is 45.9 Å². The molecule has 582 valence electrons. The number of hydrogen-bond acceptors (Lipinski definition) is 19.